The fraction of sp³-hybridized carbons (Fsp3) is 0.235. The molecule has 0 fully saturated rings. The Labute approximate surface area is 158 Å². The Bertz CT molecular complexity index is 665. The molecule has 2 aromatic carbocycles. The van der Waals surface area contributed by atoms with Crippen LogP contribution in [0.1, 0.15) is 11.7 Å². The van der Waals surface area contributed by atoms with Gasteiger partial charge >= 0.3 is 0 Å². The highest BCUT2D eigenvalue weighted by atomic mass is 127. The Hall–Kier alpha value is -2.00. The minimum absolute atomic E-state index is 0. The average molecular weight is 443 g/mol. The average Bonchev–Trinajstić information content (AvgIpc) is 2.60. The lowest BCUT2D eigenvalue weighted by Gasteiger charge is -2.15. The van der Waals surface area contributed by atoms with Gasteiger partial charge in [0.2, 0.25) is 0 Å². The SMILES string of the molecule is COc1ccc(OC)c(C(O)CN=C(N)Nc2ccccc2)c1.I. The summed E-state index contributed by atoms with van der Waals surface area (Å²) in [6.45, 7) is 0.106. The lowest BCUT2D eigenvalue weighted by molar-refractivity contribution is 0.182. The Kier molecular flexibility index (Phi) is 8.34. The quantitative estimate of drug-likeness (QED) is 0.363. The number of para-hydroxylation sites is 1. The molecule has 0 spiro atoms. The Morgan fingerprint density at radius 1 is 1.17 bits per heavy atom. The summed E-state index contributed by atoms with van der Waals surface area (Å²) in [5.41, 5.74) is 7.27. The molecule has 0 saturated carbocycles. The number of aliphatic hydroxyl groups excluding tert-OH is 1. The first-order valence-electron chi connectivity index (χ1n) is 7.16. The highest BCUT2D eigenvalue weighted by Crippen LogP contribution is 2.29. The van der Waals surface area contributed by atoms with Gasteiger partial charge in [-0.15, -0.1) is 24.0 Å². The second kappa shape index (κ2) is 9.99. The lowest BCUT2D eigenvalue weighted by atomic mass is 10.1. The zero-order valence-electron chi connectivity index (χ0n) is 13.6. The van der Waals surface area contributed by atoms with Gasteiger partial charge in [0.25, 0.3) is 0 Å². The topological polar surface area (TPSA) is 89.1 Å². The molecule has 24 heavy (non-hydrogen) atoms. The van der Waals surface area contributed by atoms with Crippen LogP contribution in [0.25, 0.3) is 0 Å². The van der Waals surface area contributed by atoms with Gasteiger partial charge in [-0.05, 0) is 30.3 Å². The summed E-state index contributed by atoms with van der Waals surface area (Å²) < 4.78 is 10.4. The Morgan fingerprint density at radius 3 is 2.50 bits per heavy atom. The van der Waals surface area contributed by atoms with Gasteiger partial charge in [0.05, 0.1) is 20.8 Å². The van der Waals surface area contributed by atoms with Crippen LogP contribution in [0.3, 0.4) is 0 Å². The van der Waals surface area contributed by atoms with Crippen LogP contribution in [0, 0.1) is 0 Å². The maximum Gasteiger partial charge on any atom is 0.193 e. The van der Waals surface area contributed by atoms with E-state index < -0.39 is 6.10 Å². The minimum Gasteiger partial charge on any atom is -0.497 e. The third-order valence-electron chi connectivity index (χ3n) is 3.28. The van der Waals surface area contributed by atoms with Crippen LogP contribution in [0.5, 0.6) is 11.5 Å². The number of aliphatic hydroxyl groups is 1. The number of nitrogens with zero attached hydrogens (tertiary/aromatic N) is 1. The van der Waals surface area contributed by atoms with E-state index in [1.165, 1.54) is 0 Å². The van der Waals surface area contributed by atoms with E-state index in [9.17, 15) is 5.11 Å². The number of methoxy groups -OCH3 is 2. The molecule has 1 atom stereocenters. The first-order chi connectivity index (χ1) is 11.1. The highest BCUT2D eigenvalue weighted by Gasteiger charge is 2.14. The molecule has 0 aliphatic carbocycles. The van der Waals surface area contributed by atoms with E-state index in [4.69, 9.17) is 15.2 Å². The summed E-state index contributed by atoms with van der Waals surface area (Å²) in [6.07, 6.45) is -0.851. The molecular weight excluding hydrogens is 421 g/mol. The van der Waals surface area contributed by atoms with Crippen LogP contribution >= 0.6 is 24.0 Å². The number of ether oxygens (including phenoxy) is 2. The van der Waals surface area contributed by atoms with Gasteiger partial charge in [0.15, 0.2) is 5.96 Å². The number of nitrogens with one attached hydrogen (secondary N) is 1. The maximum atomic E-state index is 10.3. The maximum absolute atomic E-state index is 10.3. The molecule has 0 heterocycles. The minimum atomic E-state index is -0.851. The highest BCUT2D eigenvalue weighted by molar-refractivity contribution is 14.0. The van der Waals surface area contributed by atoms with Crippen LogP contribution in [-0.2, 0) is 0 Å². The fourth-order valence-corrected chi connectivity index (χ4v) is 2.09. The largest absolute Gasteiger partial charge is 0.497 e. The number of hydrogen-bond acceptors (Lipinski definition) is 4. The van der Waals surface area contributed by atoms with Gasteiger partial charge in [0.1, 0.15) is 17.6 Å². The first-order valence-corrected chi connectivity index (χ1v) is 7.16. The van der Waals surface area contributed by atoms with Crippen LogP contribution in [0.4, 0.5) is 5.69 Å². The molecule has 130 valence electrons. The van der Waals surface area contributed by atoms with Gasteiger partial charge in [-0.1, -0.05) is 18.2 Å². The second-order valence-electron chi connectivity index (χ2n) is 4.84. The lowest BCUT2D eigenvalue weighted by Crippen LogP contribution is -2.23. The van der Waals surface area contributed by atoms with E-state index in [2.05, 4.69) is 10.3 Å². The number of nitrogens with two attached hydrogens (primary N) is 1. The summed E-state index contributed by atoms with van der Waals surface area (Å²) >= 11 is 0. The normalized spacial score (nSPS) is 12.0. The summed E-state index contributed by atoms with van der Waals surface area (Å²) in [7, 11) is 3.12. The van der Waals surface area contributed by atoms with E-state index in [0.29, 0.717) is 17.1 Å². The van der Waals surface area contributed by atoms with Crippen molar-refractivity contribution in [1.82, 2.24) is 0 Å². The third kappa shape index (κ3) is 5.57. The molecule has 0 bridgehead atoms. The van der Waals surface area contributed by atoms with E-state index in [0.717, 1.165) is 5.69 Å². The van der Waals surface area contributed by atoms with Gasteiger partial charge in [-0.3, -0.25) is 4.99 Å². The monoisotopic (exact) mass is 443 g/mol. The molecule has 1 unspecified atom stereocenters. The van der Waals surface area contributed by atoms with Crippen LogP contribution in [0.15, 0.2) is 53.5 Å². The molecule has 2 rings (SSSR count). The van der Waals surface area contributed by atoms with Crippen molar-refractivity contribution in [3.05, 3.63) is 54.1 Å². The summed E-state index contributed by atoms with van der Waals surface area (Å²) in [6, 6.07) is 14.7. The van der Waals surface area contributed by atoms with Crippen molar-refractivity contribution in [2.45, 2.75) is 6.10 Å². The van der Waals surface area contributed by atoms with Crippen molar-refractivity contribution >= 4 is 35.6 Å². The molecule has 4 N–H and O–H groups in total. The molecule has 0 radical (unpaired) electrons. The number of anilines is 1. The fourth-order valence-electron chi connectivity index (χ4n) is 2.09. The van der Waals surface area contributed by atoms with Crippen LogP contribution in [0.2, 0.25) is 0 Å². The smallest absolute Gasteiger partial charge is 0.193 e. The zero-order valence-corrected chi connectivity index (χ0v) is 15.9. The van der Waals surface area contributed by atoms with Gasteiger partial charge in [0, 0.05) is 11.3 Å². The Balaban J connectivity index is 0.00000288. The zero-order chi connectivity index (χ0) is 16.7. The number of guanidine groups is 1. The summed E-state index contributed by atoms with van der Waals surface area (Å²) in [5.74, 6) is 1.44. The number of aliphatic imine (C=N–C) groups is 1. The molecular formula is C17H22IN3O3. The molecule has 0 aliphatic heterocycles. The van der Waals surface area contributed by atoms with Gasteiger partial charge in [-0.25, -0.2) is 0 Å². The standard InChI is InChI=1S/C17H21N3O3.HI/c1-22-13-8-9-16(23-2)14(10-13)15(21)11-19-17(18)20-12-6-4-3-5-7-12;/h3-10,15,21H,11H2,1-2H3,(H3,18,19,20);1H. The third-order valence-corrected chi connectivity index (χ3v) is 3.28. The molecule has 0 aromatic heterocycles. The molecule has 0 amide bonds. The molecule has 7 heteroatoms. The van der Waals surface area contributed by atoms with E-state index in [1.54, 1.807) is 32.4 Å². The molecule has 0 aliphatic rings. The van der Waals surface area contributed by atoms with Crippen molar-refractivity contribution in [3.8, 4) is 11.5 Å². The number of benzene rings is 2. The summed E-state index contributed by atoms with van der Waals surface area (Å²) in [4.78, 5) is 4.16. The number of rotatable bonds is 6. The van der Waals surface area contributed by atoms with Crippen molar-refractivity contribution < 1.29 is 14.6 Å². The Morgan fingerprint density at radius 2 is 1.88 bits per heavy atom. The summed E-state index contributed by atoms with van der Waals surface area (Å²) in [5, 5.41) is 13.3. The molecule has 2 aromatic rings. The van der Waals surface area contributed by atoms with Crippen molar-refractivity contribution in [1.29, 1.82) is 0 Å². The number of hydrogen-bond donors (Lipinski definition) is 3. The molecule has 0 saturated heterocycles. The van der Waals surface area contributed by atoms with E-state index >= 15 is 0 Å². The van der Waals surface area contributed by atoms with Crippen LogP contribution < -0.4 is 20.5 Å². The predicted molar refractivity (Wildman–Crippen MR) is 106 cm³/mol. The molecule has 6 nitrogen and oxygen atoms in total. The van der Waals surface area contributed by atoms with E-state index in [-0.39, 0.29) is 36.5 Å². The number of halogens is 1. The van der Waals surface area contributed by atoms with Crippen LogP contribution in [-0.4, -0.2) is 31.8 Å². The predicted octanol–water partition coefficient (Wildman–Crippen LogP) is 2.78. The van der Waals surface area contributed by atoms with Crippen molar-refractivity contribution in [2.75, 3.05) is 26.1 Å². The van der Waals surface area contributed by atoms with Crippen molar-refractivity contribution in [3.63, 3.8) is 0 Å². The van der Waals surface area contributed by atoms with Gasteiger partial charge < -0.3 is 25.6 Å². The second-order valence-corrected chi connectivity index (χ2v) is 4.84. The van der Waals surface area contributed by atoms with E-state index in [1.807, 2.05) is 30.3 Å². The van der Waals surface area contributed by atoms with Gasteiger partial charge in [-0.2, -0.15) is 0 Å². The first kappa shape index (κ1) is 20.0. The van der Waals surface area contributed by atoms with Crippen molar-refractivity contribution in [2.24, 2.45) is 10.7 Å².